The van der Waals surface area contributed by atoms with Crippen molar-refractivity contribution in [3.05, 3.63) is 71.9 Å². The van der Waals surface area contributed by atoms with Crippen LogP contribution in [0.25, 0.3) is 0 Å². The molecule has 0 spiro atoms. The lowest BCUT2D eigenvalue weighted by Gasteiger charge is -2.13. The summed E-state index contributed by atoms with van der Waals surface area (Å²) in [7, 11) is 1.62. The summed E-state index contributed by atoms with van der Waals surface area (Å²) in [4.78, 5) is 16.0. The first-order valence-electron chi connectivity index (χ1n) is 8.10. The largest absolute Gasteiger partial charge is 0.497 e. The number of ether oxygens (including phenoxy) is 1. The van der Waals surface area contributed by atoms with Crippen molar-refractivity contribution in [2.24, 2.45) is 5.73 Å². The third kappa shape index (κ3) is 4.10. The van der Waals surface area contributed by atoms with Crippen LogP contribution in [-0.4, -0.2) is 18.0 Å². The maximum Gasteiger partial charge on any atom is 0.252 e. The van der Waals surface area contributed by atoms with E-state index in [1.54, 1.807) is 13.2 Å². The third-order valence-corrected chi connectivity index (χ3v) is 3.86. The standard InChI is InChI=1S/C20H20N4O2/c1-13-3-5-14(6-4-13)23-18-11-19(22-12-17(18)20(21)25)24-15-7-9-16(26-2)10-8-15/h3-12H,1-2H3,(H2,21,25)(H2,22,23,24). The van der Waals surface area contributed by atoms with E-state index in [0.717, 1.165) is 22.7 Å². The number of anilines is 4. The summed E-state index contributed by atoms with van der Waals surface area (Å²) < 4.78 is 5.15. The number of amides is 1. The smallest absolute Gasteiger partial charge is 0.252 e. The number of hydrogen-bond acceptors (Lipinski definition) is 5. The predicted molar refractivity (Wildman–Crippen MR) is 103 cm³/mol. The van der Waals surface area contributed by atoms with Crippen LogP contribution in [-0.2, 0) is 0 Å². The zero-order valence-electron chi connectivity index (χ0n) is 14.6. The van der Waals surface area contributed by atoms with E-state index in [1.807, 2.05) is 55.5 Å². The van der Waals surface area contributed by atoms with Gasteiger partial charge < -0.3 is 21.1 Å². The summed E-state index contributed by atoms with van der Waals surface area (Å²) in [5.41, 5.74) is 9.26. The SMILES string of the molecule is COc1ccc(Nc2cc(Nc3ccc(C)cc3)c(C(N)=O)cn2)cc1. The number of rotatable bonds is 6. The molecular weight excluding hydrogens is 328 g/mol. The summed E-state index contributed by atoms with van der Waals surface area (Å²) in [5, 5.41) is 6.42. The van der Waals surface area contributed by atoms with Gasteiger partial charge in [0.1, 0.15) is 11.6 Å². The Balaban J connectivity index is 1.87. The zero-order valence-corrected chi connectivity index (χ0v) is 14.6. The van der Waals surface area contributed by atoms with Crippen LogP contribution in [0.5, 0.6) is 5.75 Å². The minimum absolute atomic E-state index is 0.325. The number of aryl methyl sites for hydroxylation is 1. The molecular formula is C20H20N4O2. The van der Waals surface area contributed by atoms with Crippen LogP contribution in [0.2, 0.25) is 0 Å². The fourth-order valence-electron chi connectivity index (χ4n) is 2.44. The highest BCUT2D eigenvalue weighted by Crippen LogP contribution is 2.25. The van der Waals surface area contributed by atoms with Gasteiger partial charge in [0.2, 0.25) is 0 Å². The highest BCUT2D eigenvalue weighted by atomic mass is 16.5. The number of benzene rings is 2. The first-order valence-corrected chi connectivity index (χ1v) is 8.10. The normalized spacial score (nSPS) is 10.2. The molecule has 0 aliphatic carbocycles. The molecule has 6 heteroatoms. The number of carbonyl (C=O) groups excluding carboxylic acids is 1. The molecule has 0 unspecified atom stereocenters. The number of nitrogens with one attached hydrogen (secondary N) is 2. The Hall–Kier alpha value is -3.54. The molecule has 6 nitrogen and oxygen atoms in total. The summed E-state index contributed by atoms with van der Waals surface area (Å²) in [6.07, 6.45) is 1.46. The van der Waals surface area contributed by atoms with Gasteiger partial charge in [0.25, 0.3) is 5.91 Å². The number of nitrogens with zero attached hydrogens (tertiary/aromatic N) is 1. The molecule has 3 rings (SSSR count). The highest BCUT2D eigenvalue weighted by Gasteiger charge is 2.11. The number of carbonyl (C=O) groups is 1. The highest BCUT2D eigenvalue weighted by molar-refractivity contribution is 5.99. The molecule has 0 saturated carbocycles. The lowest BCUT2D eigenvalue weighted by Crippen LogP contribution is -2.14. The van der Waals surface area contributed by atoms with Gasteiger partial charge >= 0.3 is 0 Å². The van der Waals surface area contributed by atoms with Crippen molar-refractivity contribution in [3.63, 3.8) is 0 Å². The number of aromatic nitrogens is 1. The van der Waals surface area contributed by atoms with Crippen LogP contribution in [0, 0.1) is 6.92 Å². The topological polar surface area (TPSA) is 89.3 Å². The van der Waals surface area contributed by atoms with Crippen molar-refractivity contribution in [2.45, 2.75) is 6.92 Å². The van der Waals surface area contributed by atoms with Crippen LogP contribution in [0.15, 0.2) is 60.8 Å². The minimum atomic E-state index is -0.539. The van der Waals surface area contributed by atoms with Gasteiger partial charge in [0.05, 0.1) is 18.4 Å². The van der Waals surface area contributed by atoms with Crippen LogP contribution in [0.3, 0.4) is 0 Å². The summed E-state index contributed by atoms with van der Waals surface area (Å²) >= 11 is 0. The Morgan fingerprint density at radius 2 is 1.62 bits per heavy atom. The Morgan fingerprint density at radius 1 is 1.00 bits per heavy atom. The third-order valence-electron chi connectivity index (χ3n) is 3.86. The van der Waals surface area contributed by atoms with Gasteiger partial charge in [0, 0.05) is 23.6 Å². The van der Waals surface area contributed by atoms with Gasteiger partial charge in [-0.15, -0.1) is 0 Å². The molecule has 0 saturated heterocycles. The molecule has 0 radical (unpaired) electrons. The first-order chi connectivity index (χ1) is 12.5. The number of pyridine rings is 1. The minimum Gasteiger partial charge on any atom is -0.497 e. The molecule has 3 aromatic rings. The molecule has 4 N–H and O–H groups in total. The molecule has 2 aromatic carbocycles. The fourth-order valence-corrected chi connectivity index (χ4v) is 2.44. The van der Waals surface area contributed by atoms with Crippen molar-refractivity contribution in [2.75, 3.05) is 17.7 Å². The van der Waals surface area contributed by atoms with E-state index in [9.17, 15) is 4.79 Å². The van der Waals surface area contributed by atoms with Crippen LogP contribution in [0.4, 0.5) is 22.9 Å². The Labute approximate surface area is 152 Å². The lowest BCUT2D eigenvalue weighted by atomic mass is 10.2. The van der Waals surface area contributed by atoms with Crippen molar-refractivity contribution in [1.82, 2.24) is 4.98 Å². The van der Waals surface area contributed by atoms with Gasteiger partial charge in [-0.25, -0.2) is 4.98 Å². The van der Waals surface area contributed by atoms with E-state index in [0.29, 0.717) is 17.1 Å². The fraction of sp³-hybridized carbons (Fsp3) is 0.100. The molecule has 0 atom stereocenters. The Kier molecular flexibility index (Phi) is 5.03. The number of methoxy groups -OCH3 is 1. The van der Waals surface area contributed by atoms with E-state index in [2.05, 4.69) is 15.6 Å². The van der Waals surface area contributed by atoms with Crippen molar-refractivity contribution in [3.8, 4) is 5.75 Å². The van der Waals surface area contributed by atoms with E-state index in [4.69, 9.17) is 10.5 Å². The van der Waals surface area contributed by atoms with E-state index in [-0.39, 0.29) is 0 Å². The van der Waals surface area contributed by atoms with Gasteiger partial charge in [-0.3, -0.25) is 4.79 Å². The zero-order chi connectivity index (χ0) is 18.5. The number of hydrogen-bond donors (Lipinski definition) is 3. The van der Waals surface area contributed by atoms with Crippen molar-refractivity contribution < 1.29 is 9.53 Å². The second-order valence-electron chi connectivity index (χ2n) is 5.82. The second kappa shape index (κ2) is 7.57. The molecule has 1 amide bonds. The van der Waals surface area contributed by atoms with Gasteiger partial charge in [-0.1, -0.05) is 17.7 Å². The monoisotopic (exact) mass is 348 g/mol. The number of primary amides is 1. The molecule has 0 fully saturated rings. The van der Waals surface area contributed by atoms with E-state index >= 15 is 0 Å². The molecule has 0 aliphatic rings. The van der Waals surface area contributed by atoms with Crippen LogP contribution in [0.1, 0.15) is 15.9 Å². The van der Waals surface area contributed by atoms with Crippen molar-refractivity contribution in [1.29, 1.82) is 0 Å². The Bertz CT molecular complexity index is 906. The van der Waals surface area contributed by atoms with Gasteiger partial charge in [-0.05, 0) is 43.3 Å². The van der Waals surface area contributed by atoms with Crippen LogP contribution >= 0.6 is 0 Å². The molecule has 0 aliphatic heterocycles. The summed E-state index contributed by atoms with van der Waals surface area (Å²) in [5.74, 6) is 0.826. The van der Waals surface area contributed by atoms with E-state index < -0.39 is 5.91 Å². The van der Waals surface area contributed by atoms with E-state index in [1.165, 1.54) is 6.20 Å². The molecule has 1 aromatic heterocycles. The van der Waals surface area contributed by atoms with Gasteiger partial charge in [-0.2, -0.15) is 0 Å². The maximum absolute atomic E-state index is 11.7. The quantitative estimate of drug-likeness (QED) is 0.627. The first kappa shape index (κ1) is 17.3. The average molecular weight is 348 g/mol. The Morgan fingerprint density at radius 3 is 2.23 bits per heavy atom. The van der Waals surface area contributed by atoms with Gasteiger partial charge in [0.15, 0.2) is 0 Å². The molecule has 0 bridgehead atoms. The summed E-state index contributed by atoms with van der Waals surface area (Å²) in [6, 6.07) is 17.1. The number of nitrogens with two attached hydrogens (primary N) is 1. The summed E-state index contributed by atoms with van der Waals surface area (Å²) in [6.45, 7) is 2.02. The second-order valence-corrected chi connectivity index (χ2v) is 5.82. The predicted octanol–water partition coefficient (Wildman–Crippen LogP) is 3.98. The van der Waals surface area contributed by atoms with Crippen molar-refractivity contribution >= 4 is 28.8 Å². The molecule has 26 heavy (non-hydrogen) atoms. The average Bonchev–Trinajstić information content (AvgIpc) is 2.64. The molecule has 1 heterocycles. The van der Waals surface area contributed by atoms with Crippen LogP contribution < -0.4 is 21.1 Å². The lowest BCUT2D eigenvalue weighted by molar-refractivity contribution is 0.100. The maximum atomic E-state index is 11.7. The molecule has 132 valence electrons.